The number of carbonyl (C=O) groups excluding carboxylic acids is 1. The topological polar surface area (TPSA) is 41.1 Å². The molecule has 17 heavy (non-hydrogen) atoms. The van der Waals surface area contributed by atoms with Crippen molar-refractivity contribution in [2.75, 3.05) is 6.54 Å². The SMILES string of the molecule is CC(C)NC(=O)CN[C@H](C)C1CCCCCC1. The van der Waals surface area contributed by atoms with E-state index in [0.717, 1.165) is 5.92 Å². The first kappa shape index (κ1) is 14.5. The van der Waals surface area contributed by atoms with Gasteiger partial charge in [0.25, 0.3) is 0 Å². The minimum atomic E-state index is 0.112. The van der Waals surface area contributed by atoms with Crippen LogP contribution in [0.3, 0.4) is 0 Å². The van der Waals surface area contributed by atoms with Gasteiger partial charge in [0.15, 0.2) is 0 Å². The summed E-state index contributed by atoms with van der Waals surface area (Å²) in [6, 6.07) is 0.698. The molecule has 0 bridgehead atoms. The first-order valence-corrected chi connectivity index (χ1v) is 7.12. The molecule has 1 amide bonds. The highest BCUT2D eigenvalue weighted by Crippen LogP contribution is 2.25. The molecule has 0 aromatic carbocycles. The lowest BCUT2D eigenvalue weighted by molar-refractivity contribution is -0.120. The van der Waals surface area contributed by atoms with Gasteiger partial charge in [-0.15, -0.1) is 0 Å². The summed E-state index contributed by atoms with van der Waals surface area (Å²) in [6.45, 7) is 6.66. The molecule has 1 aliphatic rings. The average molecular weight is 240 g/mol. The van der Waals surface area contributed by atoms with Crippen LogP contribution in [-0.4, -0.2) is 24.5 Å². The molecule has 0 aromatic heterocycles. The fourth-order valence-electron chi connectivity index (χ4n) is 2.60. The van der Waals surface area contributed by atoms with Crippen molar-refractivity contribution in [1.29, 1.82) is 0 Å². The second-order valence-electron chi connectivity index (χ2n) is 5.64. The van der Waals surface area contributed by atoms with Gasteiger partial charge in [0.1, 0.15) is 0 Å². The predicted molar refractivity (Wildman–Crippen MR) is 71.9 cm³/mol. The molecule has 100 valence electrons. The van der Waals surface area contributed by atoms with Gasteiger partial charge in [-0.2, -0.15) is 0 Å². The second kappa shape index (κ2) is 7.70. The Kier molecular flexibility index (Phi) is 6.56. The van der Waals surface area contributed by atoms with E-state index in [4.69, 9.17) is 0 Å². The van der Waals surface area contributed by atoms with Crippen LogP contribution in [0.1, 0.15) is 59.3 Å². The van der Waals surface area contributed by atoms with Crippen LogP contribution in [0.25, 0.3) is 0 Å². The van der Waals surface area contributed by atoms with Crippen molar-refractivity contribution in [2.45, 2.75) is 71.4 Å². The van der Waals surface area contributed by atoms with Gasteiger partial charge in [0, 0.05) is 12.1 Å². The molecule has 1 rings (SSSR count). The fraction of sp³-hybridized carbons (Fsp3) is 0.929. The normalized spacial score (nSPS) is 20.0. The van der Waals surface area contributed by atoms with Crippen LogP contribution in [0.4, 0.5) is 0 Å². The monoisotopic (exact) mass is 240 g/mol. The molecule has 1 aliphatic carbocycles. The van der Waals surface area contributed by atoms with Crippen molar-refractivity contribution in [3.05, 3.63) is 0 Å². The van der Waals surface area contributed by atoms with E-state index in [-0.39, 0.29) is 11.9 Å². The third-order valence-electron chi connectivity index (χ3n) is 3.64. The van der Waals surface area contributed by atoms with Gasteiger partial charge >= 0.3 is 0 Å². The van der Waals surface area contributed by atoms with Gasteiger partial charge in [0.05, 0.1) is 6.54 Å². The molecular formula is C14H28N2O. The van der Waals surface area contributed by atoms with Crippen LogP contribution in [0.5, 0.6) is 0 Å². The quantitative estimate of drug-likeness (QED) is 0.725. The van der Waals surface area contributed by atoms with Crippen LogP contribution in [-0.2, 0) is 4.79 Å². The Hall–Kier alpha value is -0.570. The Labute approximate surface area is 106 Å². The molecule has 0 aliphatic heterocycles. The summed E-state index contributed by atoms with van der Waals surface area (Å²) in [5.74, 6) is 0.866. The number of hydrogen-bond acceptors (Lipinski definition) is 2. The lowest BCUT2D eigenvalue weighted by Crippen LogP contribution is -2.42. The van der Waals surface area contributed by atoms with Crippen molar-refractivity contribution in [3.8, 4) is 0 Å². The summed E-state index contributed by atoms with van der Waals surface area (Å²) in [4.78, 5) is 11.5. The third-order valence-corrected chi connectivity index (χ3v) is 3.64. The van der Waals surface area contributed by atoms with E-state index in [2.05, 4.69) is 17.6 Å². The molecule has 0 heterocycles. The van der Waals surface area contributed by atoms with Crippen LogP contribution >= 0.6 is 0 Å². The number of hydrogen-bond donors (Lipinski definition) is 2. The van der Waals surface area contributed by atoms with Gasteiger partial charge in [-0.1, -0.05) is 25.7 Å². The van der Waals surface area contributed by atoms with E-state index in [0.29, 0.717) is 12.6 Å². The maximum atomic E-state index is 11.5. The molecule has 1 saturated carbocycles. The summed E-state index contributed by atoms with van der Waals surface area (Å²) in [6.07, 6.45) is 8.12. The summed E-state index contributed by atoms with van der Waals surface area (Å²) < 4.78 is 0. The van der Waals surface area contributed by atoms with E-state index in [1.54, 1.807) is 0 Å². The van der Waals surface area contributed by atoms with Gasteiger partial charge < -0.3 is 10.6 Å². The third kappa shape index (κ3) is 6.06. The molecule has 2 N–H and O–H groups in total. The number of nitrogens with one attached hydrogen (secondary N) is 2. The Morgan fingerprint density at radius 3 is 2.24 bits per heavy atom. The smallest absolute Gasteiger partial charge is 0.234 e. The first-order chi connectivity index (χ1) is 8.09. The predicted octanol–water partition coefficient (Wildman–Crippen LogP) is 2.46. The van der Waals surface area contributed by atoms with Crippen LogP contribution < -0.4 is 10.6 Å². The maximum Gasteiger partial charge on any atom is 0.234 e. The van der Waals surface area contributed by atoms with Crippen LogP contribution in [0.15, 0.2) is 0 Å². The minimum absolute atomic E-state index is 0.112. The second-order valence-corrected chi connectivity index (χ2v) is 5.64. The summed E-state index contributed by atoms with van der Waals surface area (Å²) in [7, 11) is 0. The maximum absolute atomic E-state index is 11.5. The molecular weight excluding hydrogens is 212 g/mol. The molecule has 0 radical (unpaired) electrons. The van der Waals surface area contributed by atoms with Crippen molar-refractivity contribution in [2.24, 2.45) is 5.92 Å². The van der Waals surface area contributed by atoms with Crippen molar-refractivity contribution in [3.63, 3.8) is 0 Å². The van der Waals surface area contributed by atoms with E-state index in [1.807, 2.05) is 13.8 Å². The van der Waals surface area contributed by atoms with Crippen molar-refractivity contribution in [1.82, 2.24) is 10.6 Å². The Morgan fingerprint density at radius 2 is 1.71 bits per heavy atom. The molecule has 0 unspecified atom stereocenters. The summed E-state index contributed by atoms with van der Waals surface area (Å²) >= 11 is 0. The fourth-order valence-corrected chi connectivity index (χ4v) is 2.60. The average Bonchev–Trinajstić information content (AvgIpc) is 2.53. The summed E-state index contributed by atoms with van der Waals surface area (Å²) in [5.41, 5.74) is 0. The first-order valence-electron chi connectivity index (χ1n) is 7.12. The highest BCUT2D eigenvalue weighted by Gasteiger charge is 2.19. The highest BCUT2D eigenvalue weighted by atomic mass is 16.1. The van der Waals surface area contributed by atoms with Gasteiger partial charge in [-0.25, -0.2) is 0 Å². The van der Waals surface area contributed by atoms with Crippen molar-refractivity contribution >= 4 is 5.91 Å². The van der Waals surface area contributed by atoms with Gasteiger partial charge in [-0.3, -0.25) is 4.79 Å². The highest BCUT2D eigenvalue weighted by molar-refractivity contribution is 5.78. The van der Waals surface area contributed by atoms with Gasteiger partial charge in [-0.05, 0) is 39.5 Å². The number of rotatable bonds is 5. The zero-order valence-corrected chi connectivity index (χ0v) is 11.6. The van der Waals surface area contributed by atoms with Crippen molar-refractivity contribution < 1.29 is 4.79 Å². The van der Waals surface area contributed by atoms with Crippen LogP contribution in [0.2, 0.25) is 0 Å². The zero-order chi connectivity index (χ0) is 12.7. The van der Waals surface area contributed by atoms with E-state index < -0.39 is 0 Å². The Morgan fingerprint density at radius 1 is 1.12 bits per heavy atom. The lowest BCUT2D eigenvalue weighted by atomic mass is 9.93. The van der Waals surface area contributed by atoms with Crippen LogP contribution in [0, 0.1) is 5.92 Å². The molecule has 0 saturated heterocycles. The zero-order valence-electron chi connectivity index (χ0n) is 11.6. The molecule has 3 heteroatoms. The van der Waals surface area contributed by atoms with Gasteiger partial charge in [0.2, 0.25) is 5.91 Å². The van der Waals surface area contributed by atoms with E-state index in [1.165, 1.54) is 38.5 Å². The summed E-state index contributed by atoms with van der Waals surface area (Å²) in [5, 5.41) is 6.29. The Balaban J connectivity index is 2.23. The Bertz CT molecular complexity index is 220. The minimum Gasteiger partial charge on any atom is -0.353 e. The van der Waals surface area contributed by atoms with E-state index in [9.17, 15) is 4.79 Å². The number of carbonyl (C=O) groups is 1. The molecule has 0 spiro atoms. The molecule has 1 fully saturated rings. The van der Waals surface area contributed by atoms with E-state index >= 15 is 0 Å². The standard InChI is InChI=1S/C14H28N2O/c1-11(2)16-14(17)10-15-12(3)13-8-6-4-5-7-9-13/h11-13,15H,4-10H2,1-3H3,(H,16,17)/t12-/m1/s1. The molecule has 3 nitrogen and oxygen atoms in total. The number of amides is 1. The molecule has 1 atom stereocenters. The largest absolute Gasteiger partial charge is 0.353 e. The lowest BCUT2D eigenvalue weighted by Gasteiger charge is -2.23. The molecule has 0 aromatic rings.